The summed E-state index contributed by atoms with van der Waals surface area (Å²) in [6, 6.07) is 5.81. The smallest absolute Gasteiger partial charge is 0.339 e. The fraction of sp³-hybridized carbons (Fsp3) is 0.533. The number of hydrogen-bond acceptors (Lipinski definition) is 5. The Labute approximate surface area is 125 Å². The molecule has 2 unspecified atom stereocenters. The monoisotopic (exact) mass is 299 g/mol. The SMILES string of the molecule is CCCCN(C(C)O)C(C)O.O=C(O)c1ccccc1O. The average molecular weight is 299 g/mol. The third-order valence-corrected chi connectivity index (χ3v) is 2.86. The maximum Gasteiger partial charge on any atom is 0.339 e. The minimum absolute atomic E-state index is 0.0671. The highest BCUT2D eigenvalue weighted by Gasteiger charge is 2.14. The van der Waals surface area contributed by atoms with Crippen molar-refractivity contribution >= 4 is 5.97 Å². The van der Waals surface area contributed by atoms with Crippen LogP contribution < -0.4 is 0 Å². The van der Waals surface area contributed by atoms with Crippen molar-refractivity contribution < 1.29 is 25.2 Å². The third kappa shape index (κ3) is 7.65. The van der Waals surface area contributed by atoms with E-state index in [4.69, 9.17) is 10.2 Å². The zero-order chi connectivity index (χ0) is 16.4. The van der Waals surface area contributed by atoms with Crippen LogP contribution in [0, 0.1) is 0 Å². The minimum atomic E-state index is -1.11. The molecule has 0 amide bonds. The molecule has 0 fully saturated rings. The Morgan fingerprint density at radius 3 is 2.05 bits per heavy atom. The molecule has 0 aliphatic heterocycles. The molecule has 21 heavy (non-hydrogen) atoms. The first-order chi connectivity index (χ1) is 9.81. The van der Waals surface area contributed by atoms with Crippen LogP contribution in [0.5, 0.6) is 5.75 Å². The zero-order valence-electron chi connectivity index (χ0n) is 12.7. The van der Waals surface area contributed by atoms with Crippen LogP contribution in [-0.4, -0.2) is 50.3 Å². The Balaban J connectivity index is 0.000000382. The third-order valence-electron chi connectivity index (χ3n) is 2.86. The fourth-order valence-electron chi connectivity index (χ4n) is 1.68. The Morgan fingerprint density at radius 2 is 1.71 bits per heavy atom. The van der Waals surface area contributed by atoms with Crippen molar-refractivity contribution in [2.75, 3.05) is 6.54 Å². The summed E-state index contributed by atoms with van der Waals surface area (Å²) in [4.78, 5) is 11.9. The van der Waals surface area contributed by atoms with E-state index in [0.717, 1.165) is 19.4 Å². The van der Waals surface area contributed by atoms with Gasteiger partial charge in [0, 0.05) is 6.54 Å². The number of unbranched alkanes of at least 4 members (excludes halogenated alkanes) is 1. The van der Waals surface area contributed by atoms with Crippen LogP contribution in [-0.2, 0) is 0 Å². The van der Waals surface area contributed by atoms with Crippen molar-refractivity contribution in [1.82, 2.24) is 4.90 Å². The first-order valence-electron chi connectivity index (χ1n) is 6.94. The van der Waals surface area contributed by atoms with Gasteiger partial charge in [0.25, 0.3) is 0 Å². The van der Waals surface area contributed by atoms with Gasteiger partial charge in [0.15, 0.2) is 0 Å². The first kappa shape index (κ1) is 19.4. The molecule has 6 nitrogen and oxygen atoms in total. The number of carboxylic acids is 1. The molecule has 6 heteroatoms. The number of aliphatic hydroxyl groups excluding tert-OH is 2. The molecule has 0 bridgehead atoms. The van der Waals surface area contributed by atoms with Gasteiger partial charge in [-0.2, -0.15) is 0 Å². The molecule has 0 radical (unpaired) electrons. The molecule has 0 saturated heterocycles. The lowest BCUT2D eigenvalue weighted by atomic mass is 10.2. The molecule has 120 valence electrons. The fourth-order valence-corrected chi connectivity index (χ4v) is 1.68. The molecular weight excluding hydrogens is 274 g/mol. The second-order valence-electron chi connectivity index (χ2n) is 4.68. The van der Waals surface area contributed by atoms with Crippen molar-refractivity contribution in [2.45, 2.75) is 46.1 Å². The molecule has 0 saturated carbocycles. The highest BCUT2D eigenvalue weighted by molar-refractivity contribution is 5.90. The molecule has 2 atom stereocenters. The Hall–Kier alpha value is -1.63. The Bertz CT molecular complexity index is 412. The molecule has 1 rings (SSSR count). The number of para-hydroxylation sites is 1. The number of carbonyl (C=O) groups is 1. The maximum absolute atomic E-state index is 10.3. The van der Waals surface area contributed by atoms with Crippen LogP contribution in [0.1, 0.15) is 44.0 Å². The summed E-state index contributed by atoms with van der Waals surface area (Å²) < 4.78 is 0. The van der Waals surface area contributed by atoms with Crippen molar-refractivity contribution in [1.29, 1.82) is 0 Å². The number of phenols is 1. The van der Waals surface area contributed by atoms with E-state index in [-0.39, 0.29) is 11.3 Å². The van der Waals surface area contributed by atoms with Crippen LogP contribution in [0.15, 0.2) is 24.3 Å². The van der Waals surface area contributed by atoms with E-state index in [1.54, 1.807) is 30.9 Å². The summed E-state index contributed by atoms with van der Waals surface area (Å²) in [7, 11) is 0. The lowest BCUT2D eigenvalue weighted by molar-refractivity contribution is -0.0842. The van der Waals surface area contributed by atoms with Crippen LogP contribution in [0.4, 0.5) is 0 Å². The summed E-state index contributed by atoms with van der Waals surface area (Å²) in [5, 5.41) is 35.7. The molecule has 0 heterocycles. The second kappa shape index (κ2) is 10.1. The quantitative estimate of drug-likeness (QED) is 0.598. The number of aliphatic hydroxyl groups is 2. The van der Waals surface area contributed by atoms with Crippen LogP contribution in [0.25, 0.3) is 0 Å². The zero-order valence-corrected chi connectivity index (χ0v) is 12.7. The van der Waals surface area contributed by atoms with Gasteiger partial charge in [0.2, 0.25) is 0 Å². The van der Waals surface area contributed by atoms with Gasteiger partial charge in [-0.15, -0.1) is 0 Å². The van der Waals surface area contributed by atoms with E-state index in [2.05, 4.69) is 6.92 Å². The van der Waals surface area contributed by atoms with E-state index in [9.17, 15) is 15.0 Å². The summed E-state index contributed by atoms with van der Waals surface area (Å²) in [5.41, 5.74) is -0.0671. The van der Waals surface area contributed by atoms with Crippen molar-refractivity contribution in [3.05, 3.63) is 29.8 Å². The standard InChI is InChI=1S/C8H19NO2.C7H6O3/c1-4-5-6-9(7(2)10)8(3)11;8-6-4-2-1-3-5(6)7(9)10/h7-8,10-11H,4-6H2,1-3H3;1-4,8H,(H,9,10). The molecule has 4 N–H and O–H groups in total. The van der Waals surface area contributed by atoms with Gasteiger partial charge < -0.3 is 20.4 Å². The molecular formula is C15H25NO5. The van der Waals surface area contributed by atoms with E-state index in [0.29, 0.717) is 0 Å². The van der Waals surface area contributed by atoms with E-state index < -0.39 is 18.4 Å². The lowest BCUT2D eigenvalue weighted by Gasteiger charge is -2.27. The highest BCUT2D eigenvalue weighted by Crippen LogP contribution is 2.14. The van der Waals surface area contributed by atoms with Crippen molar-refractivity contribution in [3.63, 3.8) is 0 Å². The molecule has 0 aliphatic carbocycles. The van der Waals surface area contributed by atoms with Crippen LogP contribution >= 0.6 is 0 Å². The number of rotatable bonds is 6. The lowest BCUT2D eigenvalue weighted by Crippen LogP contribution is -2.40. The van der Waals surface area contributed by atoms with Crippen LogP contribution in [0.2, 0.25) is 0 Å². The number of aromatic carboxylic acids is 1. The van der Waals surface area contributed by atoms with E-state index >= 15 is 0 Å². The number of aromatic hydroxyl groups is 1. The van der Waals surface area contributed by atoms with Crippen LogP contribution in [0.3, 0.4) is 0 Å². The van der Waals surface area contributed by atoms with E-state index in [1.165, 1.54) is 12.1 Å². The topological polar surface area (TPSA) is 101 Å². The summed E-state index contributed by atoms with van der Waals surface area (Å²) in [6.45, 7) is 6.18. The highest BCUT2D eigenvalue weighted by atomic mass is 16.4. The summed E-state index contributed by atoms with van der Waals surface area (Å²) in [6.07, 6.45) is 0.981. The second-order valence-corrected chi connectivity index (χ2v) is 4.68. The van der Waals surface area contributed by atoms with E-state index in [1.807, 2.05) is 0 Å². The summed E-state index contributed by atoms with van der Waals surface area (Å²) >= 11 is 0. The van der Waals surface area contributed by atoms with Crippen molar-refractivity contribution in [2.24, 2.45) is 0 Å². The predicted molar refractivity (Wildman–Crippen MR) is 80.0 cm³/mol. The largest absolute Gasteiger partial charge is 0.507 e. The molecule has 0 spiro atoms. The normalized spacial score (nSPS) is 13.2. The molecule has 1 aromatic carbocycles. The number of benzene rings is 1. The number of carboxylic acid groups (broad SMARTS) is 1. The van der Waals surface area contributed by atoms with Gasteiger partial charge in [-0.25, -0.2) is 4.79 Å². The minimum Gasteiger partial charge on any atom is -0.507 e. The average Bonchev–Trinajstić information content (AvgIpc) is 2.39. The summed E-state index contributed by atoms with van der Waals surface area (Å²) in [5.74, 6) is -1.31. The molecule has 0 aliphatic rings. The Morgan fingerprint density at radius 1 is 1.19 bits per heavy atom. The number of nitrogens with zero attached hydrogens (tertiary/aromatic N) is 1. The first-order valence-corrected chi connectivity index (χ1v) is 6.94. The maximum atomic E-state index is 10.3. The van der Waals surface area contributed by atoms with Gasteiger partial charge in [0.05, 0.1) is 0 Å². The molecule has 1 aromatic rings. The van der Waals surface area contributed by atoms with Gasteiger partial charge in [-0.1, -0.05) is 25.5 Å². The molecule has 0 aromatic heterocycles. The Kier molecular flexibility index (Phi) is 9.36. The van der Waals surface area contributed by atoms with Gasteiger partial charge in [0.1, 0.15) is 23.8 Å². The van der Waals surface area contributed by atoms with Crippen molar-refractivity contribution in [3.8, 4) is 5.75 Å². The van der Waals surface area contributed by atoms with Gasteiger partial charge in [-0.05, 0) is 32.4 Å². The van der Waals surface area contributed by atoms with Gasteiger partial charge >= 0.3 is 5.97 Å². The number of hydrogen-bond donors (Lipinski definition) is 4. The van der Waals surface area contributed by atoms with Gasteiger partial charge in [-0.3, -0.25) is 4.90 Å². The predicted octanol–water partition coefficient (Wildman–Crippen LogP) is 1.86.